The third-order valence-electron chi connectivity index (χ3n) is 7.96. The summed E-state index contributed by atoms with van der Waals surface area (Å²) < 4.78 is 1.03. The molecule has 12 nitrogen and oxygen atoms in total. The second-order valence-electron chi connectivity index (χ2n) is 11.7. The van der Waals surface area contributed by atoms with E-state index in [1.165, 1.54) is 70.4 Å². The van der Waals surface area contributed by atoms with Crippen LogP contribution in [0.2, 0.25) is 0 Å². The van der Waals surface area contributed by atoms with E-state index in [0.29, 0.717) is 12.2 Å². The van der Waals surface area contributed by atoms with Crippen LogP contribution in [-0.4, -0.2) is 100 Å². The first-order valence-corrected chi connectivity index (χ1v) is 17.4. The molecule has 1 aromatic heterocycles. The van der Waals surface area contributed by atoms with Crippen LogP contribution < -0.4 is 10.6 Å². The number of amides is 2. The summed E-state index contributed by atoms with van der Waals surface area (Å²) in [6.45, 7) is 4.28. The summed E-state index contributed by atoms with van der Waals surface area (Å²) in [7, 11) is 0. The third kappa shape index (κ3) is 13.0. The highest BCUT2D eigenvalue weighted by Crippen LogP contribution is 2.30. The van der Waals surface area contributed by atoms with Gasteiger partial charge in [0.15, 0.2) is 5.82 Å². The van der Waals surface area contributed by atoms with E-state index in [1.807, 2.05) is 6.92 Å². The molecule has 0 aromatic carbocycles. The van der Waals surface area contributed by atoms with Crippen LogP contribution in [0.5, 0.6) is 0 Å². The number of hydrogen-bond acceptors (Lipinski definition) is 10. The van der Waals surface area contributed by atoms with E-state index in [4.69, 9.17) is 0 Å². The second kappa shape index (κ2) is 21.1. The number of nitrogens with one attached hydrogen (secondary N) is 2. The smallest absolute Gasteiger partial charge is 0.249 e. The quantitative estimate of drug-likeness (QED) is 0.0939. The van der Waals surface area contributed by atoms with Gasteiger partial charge in [-0.1, -0.05) is 96.1 Å². The molecular formula is C30H55N5O7S. The largest absolute Gasteiger partial charge is 0.388 e. The Bertz CT molecular complexity index is 907. The minimum absolute atomic E-state index is 0.00994. The lowest BCUT2D eigenvalue weighted by Crippen LogP contribution is -2.61. The highest BCUT2D eigenvalue weighted by Gasteiger charge is 2.49. The molecule has 1 fully saturated rings. The van der Waals surface area contributed by atoms with Gasteiger partial charge in [0.1, 0.15) is 42.6 Å². The summed E-state index contributed by atoms with van der Waals surface area (Å²) in [5.41, 5.74) is 0. The zero-order valence-electron chi connectivity index (χ0n) is 25.9. The lowest BCUT2D eigenvalue weighted by atomic mass is 9.83. The van der Waals surface area contributed by atoms with Crippen molar-refractivity contribution in [1.82, 2.24) is 20.3 Å². The molecule has 1 aliphatic rings. The van der Waals surface area contributed by atoms with Crippen LogP contribution in [0.15, 0.2) is 6.20 Å². The molecule has 0 radical (unpaired) electrons. The molecule has 2 unspecified atom stereocenters. The highest BCUT2D eigenvalue weighted by atomic mass is 32.2. The number of unbranched alkanes of at least 4 members (excludes halogenated alkanes) is 12. The molecule has 2 amide bonds. The first-order chi connectivity index (χ1) is 20.7. The van der Waals surface area contributed by atoms with Crippen molar-refractivity contribution in [3.05, 3.63) is 6.20 Å². The molecule has 1 heterocycles. The van der Waals surface area contributed by atoms with Gasteiger partial charge in [-0.2, -0.15) is 11.8 Å². The number of rotatable bonds is 22. The van der Waals surface area contributed by atoms with E-state index in [-0.39, 0.29) is 11.7 Å². The number of aliphatic hydroxyl groups is 5. The van der Waals surface area contributed by atoms with E-state index < -0.39 is 48.5 Å². The van der Waals surface area contributed by atoms with Gasteiger partial charge in [-0.3, -0.25) is 9.59 Å². The minimum Gasteiger partial charge on any atom is -0.388 e. The maximum absolute atomic E-state index is 13.1. The second-order valence-corrected chi connectivity index (χ2v) is 12.9. The normalized spacial score (nSPS) is 24.5. The maximum atomic E-state index is 13.1. The van der Waals surface area contributed by atoms with Crippen molar-refractivity contribution in [3.8, 4) is 0 Å². The zero-order valence-corrected chi connectivity index (χ0v) is 26.8. The van der Waals surface area contributed by atoms with Gasteiger partial charge in [0.25, 0.3) is 0 Å². The molecule has 1 aliphatic carbocycles. The maximum Gasteiger partial charge on any atom is 0.249 e. The highest BCUT2D eigenvalue weighted by molar-refractivity contribution is 7.99. The molecule has 0 spiro atoms. The first kappa shape index (κ1) is 37.4. The van der Waals surface area contributed by atoms with Crippen LogP contribution in [-0.2, 0) is 9.59 Å². The Balaban J connectivity index is 1.76. The molecular weight excluding hydrogens is 574 g/mol. The van der Waals surface area contributed by atoms with Crippen molar-refractivity contribution in [1.29, 1.82) is 0 Å². The fourth-order valence-corrected chi connectivity index (χ4v) is 6.24. The van der Waals surface area contributed by atoms with Crippen LogP contribution in [0.3, 0.4) is 0 Å². The number of carbonyl (C=O) groups is 2. The topological polar surface area (TPSA) is 190 Å². The molecule has 0 bridgehead atoms. The first-order valence-electron chi connectivity index (χ1n) is 16.2. The van der Waals surface area contributed by atoms with Crippen LogP contribution in [0, 0.1) is 0 Å². The third-order valence-corrected chi connectivity index (χ3v) is 9.22. The fourth-order valence-electron chi connectivity index (χ4n) is 5.32. The lowest BCUT2D eigenvalue weighted by molar-refractivity contribution is -0.200. The van der Waals surface area contributed by atoms with Gasteiger partial charge < -0.3 is 36.2 Å². The summed E-state index contributed by atoms with van der Waals surface area (Å²) in [6, 6.07) is -2.09. The summed E-state index contributed by atoms with van der Waals surface area (Å²) in [5.74, 6) is 0.571. The van der Waals surface area contributed by atoms with Gasteiger partial charge in [-0.15, -0.1) is 5.10 Å². The Morgan fingerprint density at radius 2 is 1.30 bits per heavy atom. The fraction of sp³-hybridized carbons (Fsp3) is 0.867. The molecule has 248 valence electrons. The number of thioether (sulfide) groups is 1. The molecule has 1 aromatic rings. The van der Waals surface area contributed by atoms with Crippen molar-refractivity contribution in [2.45, 2.75) is 153 Å². The van der Waals surface area contributed by atoms with Crippen molar-refractivity contribution < 1.29 is 35.1 Å². The Hall–Kier alpha value is -1.77. The predicted octanol–water partition coefficient (Wildman–Crippen LogP) is 2.69. The minimum atomic E-state index is -1.73. The number of nitrogens with zero attached hydrogens (tertiary/aromatic N) is 3. The van der Waals surface area contributed by atoms with Crippen molar-refractivity contribution in [3.63, 3.8) is 0 Å². The van der Waals surface area contributed by atoms with Gasteiger partial charge in [-0.05, 0) is 18.6 Å². The number of carbonyl (C=O) groups excluding carboxylic acids is 2. The number of hydrogen-bond donors (Lipinski definition) is 7. The molecule has 7 N–H and O–H groups in total. The Morgan fingerprint density at radius 3 is 1.84 bits per heavy atom. The SMILES string of the molecule is CCCCCCCCCCCCCCCC(=O)N[C@H](CSCCC)C(=O)Nc1cn(C2[C@H](O)[C@H](O)C(O)[C@H](O)[C@H]2O)nn1. The molecule has 13 heteroatoms. The van der Waals surface area contributed by atoms with Gasteiger partial charge in [0.2, 0.25) is 11.8 Å². The van der Waals surface area contributed by atoms with Gasteiger partial charge in [0, 0.05) is 12.2 Å². The van der Waals surface area contributed by atoms with Crippen LogP contribution >= 0.6 is 11.8 Å². The molecule has 43 heavy (non-hydrogen) atoms. The molecule has 0 saturated heterocycles. The van der Waals surface area contributed by atoms with E-state index >= 15 is 0 Å². The Labute approximate surface area is 260 Å². The van der Waals surface area contributed by atoms with Crippen LogP contribution in [0.25, 0.3) is 0 Å². The molecule has 0 aliphatic heterocycles. The number of aromatic nitrogens is 3. The van der Waals surface area contributed by atoms with Crippen LogP contribution in [0.4, 0.5) is 5.82 Å². The zero-order chi connectivity index (χ0) is 31.6. The monoisotopic (exact) mass is 629 g/mol. The average molecular weight is 630 g/mol. The lowest BCUT2D eigenvalue weighted by Gasteiger charge is -2.41. The predicted molar refractivity (Wildman–Crippen MR) is 168 cm³/mol. The standard InChI is InChI=1S/C30H55N5O7S/c1-3-5-6-7-8-9-10-11-12-13-14-15-16-17-23(36)31-21(20-43-18-4-2)30(42)32-22-19-35(34-33-22)24-25(37)27(39)29(41)28(40)26(24)38/h19,21,24-29,37-41H,3-18,20H2,1-2H3,(H,31,36)(H,32,42)/t21-,24?,25+,26+,27-,28+,29?/m1/s1. The molecule has 1 saturated carbocycles. The molecule has 2 rings (SSSR count). The van der Waals surface area contributed by atoms with E-state index in [1.54, 1.807) is 11.8 Å². The van der Waals surface area contributed by atoms with E-state index in [2.05, 4.69) is 27.9 Å². The summed E-state index contributed by atoms with van der Waals surface area (Å²) >= 11 is 1.56. The van der Waals surface area contributed by atoms with Gasteiger partial charge >= 0.3 is 0 Å². The Morgan fingerprint density at radius 1 is 0.791 bits per heavy atom. The van der Waals surface area contributed by atoms with Crippen LogP contribution in [0.1, 0.15) is 116 Å². The average Bonchev–Trinajstić information content (AvgIpc) is 3.44. The summed E-state index contributed by atoms with van der Waals surface area (Å²) in [6.07, 6.45) is 10.0. The number of anilines is 1. The Kier molecular flexibility index (Phi) is 18.3. The summed E-state index contributed by atoms with van der Waals surface area (Å²) in [5, 5.41) is 63.6. The van der Waals surface area contributed by atoms with Crippen molar-refractivity contribution in [2.75, 3.05) is 16.8 Å². The number of aliphatic hydroxyl groups excluding tert-OH is 5. The van der Waals surface area contributed by atoms with Gasteiger partial charge in [-0.25, -0.2) is 4.68 Å². The summed E-state index contributed by atoms with van der Waals surface area (Å²) in [4.78, 5) is 25.7. The van der Waals surface area contributed by atoms with Gasteiger partial charge in [0.05, 0.1) is 6.20 Å². The molecule has 7 atom stereocenters. The van der Waals surface area contributed by atoms with E-state index in [0.717, 1.165) is 36.1 Å². The van der Waals surface area contributed by atoms with Crippen molar-refractivity contribution in [2.24, 2.45) is 0 Å². The van der Waals surface area contributed by atoms with Crippen molar-refractivity contribution >= 4 is 29.4 Å². The van der Waals surface area contributed by atoms with E-state index in [9.17, 15) is 35.1 Å².